The van der Waals surface area contributed by atoms with Gasteiger partial charge in [0.1, 0.15) is 11.4 Å². The van der Waals surface area contributed by atoms with Crippen LogP contribution in [0.4, 0.5) is 17.1 Å². The highest BCUT2D eigenvalue weighted by Gasteiger charge is 2.13. The van der Waals surface area contributed by atoms with E-state index in [0.717, 1.165) is 0 Å². The zero-order chi connectivity index (χ0) is 15.5. The molecule has 0 unspecified atom stereocenters. The maximum Gasteiger partial charge on any atom is 0.294 e. The fourth-order valence-electron chi connectivity index (χ4n) is 1.55. The average Bonchev–Trinajstić information content (AvgIpc) is 2.45. The van der Waals surface area contributed by atoms with Crippen LogP contribution in [-0.4, -0.2) is 20.1 Å². The summed E-state index contributed by atoms with van der Waals surface area (Å²) in [5.74, 6) is 0.185. The number of hydrogen-bond donors (Lipinski definition) is 2. The molecule has 2 rings (SSSR count). The van der Waals surface area contributed by atoms with E-state index in [9.17, 15) is 8.42 Å². The third-order valence-electron chi connectivity index (χ3n) is 2.62. The molecule has 0 radical (unpaired) electrons. The fraction of sp³-hybridized carbons (Fsp3) is 0.0769. The van der Waals surface area contributed by atoms with Crippen molar-refractivity contribution in [1.29, 1.82) is 0 Å². The summed E-state index contributed by atoms with van der Waals surface area (Å²) in [6, 6.07) is 10.5. The summed E-state index contributed by atoms with van der Waals surface area (Å²) in [4.78, 5) is -0.272. The van der Waals surface area contributed by atoms with Gasteiger partial charge in [-0.25, -0.2) is 0 Å². The number of nitrogens with two attached hydrogens (primary N) is 1. The number of nitrogen functional groups attached to an aromatic ring is 1. The van der Waals surface area contributed by atoms with Crippen LogP contribution in [0, 0.1) is 0 Å². The first-order chi connectivity index (χ1) is 9.90. The lowest BCUT2D eigenvalue weighted by atomic mass is 10.3. The van der Waals surface area contributed by atoms with Crippen molar-refractivity contribution in [3.05, 3.63) is 42.5 Å². The van der Waals surface area contributed by atoms with Gasteiger partial charge >= 0.3 is 0 Å². The van der Waals surface area contributed by atoms with Crippen LogP contribution in [0.2, 0.25) is 0 Å². The molecular weight excluding hydrogens is 294 g/mol. The molecule has 3 N–H and O–H groups in total. The molecule has 0 aliphatic rings. The molecule has 21 heavy (non-hydrogen) atoms. The SMILES string of the molecule is COc1cc(S(=O)(=O)O)ccc1N=Nc1ccc(N)cc1. The minimum atomic E-state index is -4.29. The largest absolute Gasteiger partial charge is 0.494 e. The molecule has 7 nitrogen and oxygen atoms in total. The molecule has 0 bridgehead atoms. The van der Waals surface area contributed by atoms with Crippen molar-refractivity contribution in [2.75, 3.05) is 12.8 Å². The lowest BCUT2D eigenvalue weighted by Gasteiger charge is -2.05. The van der Waals surface area contributed by atoms with E-state index in [1.54, 1.807) is 24.3 Å². The second kappa shape index (κ2) is 5.90. The Kier molecular flexibility index (Phi) is 4.20. The summed E-state index contributed by atoms with van der Waals surface area (Å²) in [5, 5.41) is 7.98. The molecule has 0 fully saturated rings. The average molecular weight is 307 g/mol. The van der Waals surface area contributed by atoms with Crippen molar-refractivity contribution in [2.45, 2.75) is 4.90 Å². The van der Waals surface area contributed by atoms with Gasteiger partial charge in [0.05, 0.1) is 17.7 Å². The van der Waals surface area contributed by atoms with E-state index in [1.807, 2.05) is 0 Å². The lowest BCUT2D eigenvalue weighted by Crippen LogP contribution is -1.98. The first-order valence-corrected chi connectivity index (χ1v) is 7.27. The van der Waals surface area contributed by atoms with E-state index >= 15 is 0 Å². The number of methoxy groups -OCH3 is 1. The fourth-order valence-corrected chi connectivity index (χ4v) is 2.05. The number of anilines is 1. The maximum atomic E-state index is 11.1. The van der Waals surface area contributed by atoms with Gasteiger partial charge in [-0.05, 0) is 36.4 Å². The van der Waals surface area contributed by atoms with Gasteiger partial charge in [-0.1, -0.05) is 0 Å². The van der Waals surface area contributed by atoms with Crippen molar-refractivity contribution in [3.63, 3.8) is 0 Å². The molecule has 0 saturated heterocycles. The van der Waals surface area contributed by atoms with Gasteiger partial charge in [-0.15, -0.1) is 5.11 Å². The van der Waals surface area contributed by atoms with Crippen LogP contribution in [-0.2, 0) is 10.1 Å². The minimum absolute atomic E-state index is 0.185. The van der Waals surface area contributed by atoms with Gasteiger partial charge in [-0.3, -0.25) is 4.55 Å². The number of hydrogen-bond acceptors (Lipinski definition) is 6. The molecule has 2 aromatic carbocycles. The highest BCUT2D eigenvalue weighted by atomic mass is 32.2. The smallest absolute Gasteiger partial charge is 0.294 e. The van der Waals surface area contributed by atoms with Crippen LogP contribution in [0.15, 0.2) is 57.6 Å². The summed E-state index contributed by atoms with van der Waals surface area (Å²) < 4.78 is 36.1. The van der Waals surface area contributed by atoms with E-state index in [2.05, 4.69) is 10.2 Å². The van der Waals surface area contributed by atoms with Gasteiger partial charge in [-0.2, -0.15) is 13.5 Å². The second-order valence-corrected chi connectivity index (χ2v) is 5.52. The van der Waals surface area contributed by atoms with E-state index < -0.39 is 10.1 Å². The molecule has 0 saturated carbocycles. The summed E-state index contributed by atoms with van der Waals surface area (Å²) in [7, 11) is -2.92. The summed E-state index contributed by atoms with van der Waals surface area (Å²) in [5.41, 5.74) is 7.10. The Morgan fingerprint density at radius 1 is 1.10 bits per heavy atom. The molecule has 0 aliphatic carbocycles. The van der Waals surface area contributed by atoms with Gasteiger partial charge in [0.2, 0.25) is 0 Å². The van der Waals surface area contributed by atoms with Crippen molar-refractivity contribution >= 4 is 27.2 Å². The van der Waals surface area contributed by atoms with E-state index in [1.165, 1.54) is 25.3 Å². The maximum absolute atomic E-state index is 11.1. The molecule has 2 aromatic rings. The quantitative estimate of drug-likeness (QED) is 0.512. The van der Waals surface area contributed by atoms with Crippen LogP contribution in [0.1, 0.15) is 0 Å². The first-order valence-electron chi connectivity index (χ1n) is 5.83. The molecule has 0 aliphatic heterocycles. The Morgan fingerprint density at radius 3 is 2.33 bits per heavy atom. The van der Waals surface area contributed by atoms with Crippen molar-refractivity contribution in [1.82, 2.24) is 0 Å². The van der Waals surface area contributed by atoms with Crippen molar-refractivity contribution in [3.8, 4) is 5.75 Å². The molecule has 8 heteroatoms. The van der Waals surface area contributed by atoms with Crippen LogP contribution in [0.25, 0.3) is 0 Å². The molecule has 0 aromatic heterocycles. The predicted octanol–water partition coefficient (Wildman–Crippen LogP) is 2.94. The lowest BCUT2D eigenvalue weighted by molar-refractivity contribution is 0.413. The number of rotatable bonds is 4. The number of ether oxygens (including phenoxy) is 1. The van der Waals surface area contributed by atoms with E-state index in [4.69, 9.17) is 15.0 Å². The predicted molar refractivity (Wildman–Crippen MR) is 77.8 cm³/mol. The van der Waals surface area contributed by atoms with Crippen LogP contribution in [0.3, 0.4) is 0 Å². The zero-order valence-electron chi connectivity index (χ0n) is 11.1. The summed E-state index contributed by atoms with van der Waals surface area (Å²) in [6.45, 7) is 0. The van der Waals surface area contributed by atoms with Gasteiger partial charge < -0.3 is 10.5 Å². The Balaban J connectivity index is 2.34. The van der Waals surface area contributed by atoms with Crippen LogP contribution < -0.4 is 10.5 Å². The molecule has 0 heterocycles. The highest BCUT2D eigenvalue weighted by Crippen LogP contribution is 2.31. The molecule has 0 atom stereocenters. The molecule has 110 valence electrons. The Bertz CT molecular complexity index is 771. The number of benzene rings is 2. The number of azo groups is 1. The Labute approximate surface area is 121 Å². The van der Waals surface area contributed by atoms with E-state index in [0.29, 0.717) is 17.1 Å². The third kappa shape index (κ3) is 3.77. The van der Waals surface area contributed by atoms with Gasteiger partial charge in [0, 0.05) is 11.8 Å². The van der Waals surface area contributed by atoms with E-state index in [-0.39, 0.29) is 10.6 Å². The molecule has 0 spiro atoms. The topological polar surface area (TPSA) is 114 Å². The first kappa shape index (κ1) is 14.9. The standard InChI is InChI=1S/C13H13N3O4S/c1-20-13-8-11(21(17,18)19)6-7-12(13)16-15-10-4-2-9(14)3-5-10/h2-8H,14H2,1H3,(H,17,18,19). The monoisotopic (exact) mass is 307 g/mol. The molecule has 0 amide bonds. The summed E-state index contributed by atoms with van der Waals surface area (Å²) >= 11 is 0. The number of nitrogens with zero attached hydrogens (tertiary/aromatic N) is 2. The van der Waals surface area contributed by atoms with Crippen molar-refractivity contribution < 1.29 is 17.7 Å². The van der Waals surface area contributed by atoms with Crippen LogP contribution >= 0.6 is 0 Å². The molecular formula is C13H13N3O4S. The second-order valence-electron chi connectivity index (χ2n) is 4.10. The van der Waals surface area contributed by atoms with Crippen molar-refractivity contribution in [2.24, 2.45) is 10.2 Å². The normalized spacial score (nSPS) is 11.7. The Hall–Kier alpha value is -2.45. The zero-order valence-corrected chi connectivity index (χ0v) is 11.9. The van der Waals surface area contributed by atoms with Gasteiger partial charge in [0.25, 0.3) is 10.1 Å². The highest BCUT2D eigenvalue weighted by molar-refractivity contribution is 7.85. The Morgan fingerprint density at radius 2 is 1.76 bits per heavy atom. The van der Waals surface area contributed by atoms with Crippen LogP contribution in [0.5, 0.6) is 5.75 Å². The summed E-state index contributed by atoms with van der Waals surface area (Å²) in [6.07, 6.45) is 0. The van der Waals surface area contributed by atoms with Gasteiger partial charge in [0.15, 0.2) is 0 Å². The minimum Gasteiger partial charge on any atom is -0.494 e. The third-order valence-corrected chi connectivity index (χ3v) is 3.46.